The minimum Gasteiger partial charge on any atom is -0.370 e. The smallest absolute Gasteiger partial charge is 0.125 e. The summed E-state index contributed by atoms with van der Waals surface area (Å²) in [5.74, 6) is 0.944. The van der Waals surface area contributed by atoms with E-state index in [1.54, 1.807) is 6.20 Å². The monoisotopic (exact) mass is 124 g/mol. The predicted molar refractivity (Wildman–Crippen MR) is 40.5 cm³/mol. The SMILES string of the molecule is CCNc1ccccn1.[HH]. The maximum Gasteiger partial charge on any atom is 0.125 e. The molecule has 0 bridgehead atoms. The average molecular weight is 124 g/mol. The first kappa shape index (κ1) is 6.08. The second kappa shape index (κ2) is 3.07. The molecule has 0 radical (unpaired) electrons. The molecule has 0 aliphatic carbocycles. The van der Waals surface area contributed by atoms with Gasteiger partial charge in [-0.1, -0.05) is 6.07 Å². The molecule has 0 aliphatic rings. The van der Waals surface area contributed by atoms with E-state index in [4.69, 9.17) is 0 Å². The van der Waals surface area contributed by atoms with E-state index in [0.717, 1.165) is 12.4 Å². The van der Waals surface area contributed by atoms with Gasteiger partial charge in [0.1, 0.15) is 5.82 Å². The molecule has 50 valence electrons. The highest BCUT2D eigenvalue weighted by Gasteiger charge is 1.83. The fourth-order valence-electron chi connectivity index (χ4n) is 0.648. The van der Waals surface area contributed by atoms with Crippen LogP contribution in [-0.4, -0.2) is 11.5 Å². The lowest BCUT2D eigenvalue weighted by molar-refractivity contribution is 1.16. The summed E-state index contributed by atoms with van der Waals surface area (Å²) in [4.78, 5) is 4.06. The molecular formula is C7H12N2. The summed E-state index contributed by atoms with van der Waals surface area (Å²) >= 11 is 0. The highest BCUT2D eigenvalue weighted by Crippen LogP contribution is 1.97. The zero-order valence-electron chi connectivity index (χ0n) is 5.46. The summed E-state index contributed by atoms with van der Waals surface area (Å²) < 4.78 is 0. The van der Waals surface area contributed by atoms with Gasteiger partial charge >= 0.3 is 0 Å². The molecule has 0 saturated carbocycles. The Morgan fingerprint density at radius 3 is 3.11 bits per heavy atom. The van der Waals surface area contributed by atoms with Crippen molar-refractivity contribution in [2.75, 3.05) is 11.9 Å². The number of aromatic nitrogens is 1. The van der Waals surface area contributed by atoms with Crippen LogP contribution < -0.4 is 5.32 Å². The van der Waals surface area contributed by atoms with Crippen LogP contribution in [0.15, 0.2) is 24.4 Å². The van der Waals surface area contributed by atoms with Crippen molar-refractivity contribution in [3.8, 4) is 0 Å². The summed E-state index contributed by atoms with van der Waals surface area (Å²) in [6.45, 7) is 2.98. The van der Waals surface area contributed by atoms with Gasteiger partial charge in [0.2, 0.25) is 0 Å². The van der Waals surface area contributed by atoms with Crippen LogP contribution in [0.4, 0.5) is 5.82 Å². The van der Waals surface area contributed by atoms with Gasteiger partial charge in [0.25, 0.3) is 0 Å². The van der Waals surface area contributed by atoms with Crippen molar-refractivity contribution in [3.05, 3.63) is 24.4 Å². The van der Waals surface area contributed by atoms with Crippen molar-refractivity contribution in [3.63, 3.8) is 0 Å². The third kappa shape index (κ3) is 1.72. The van der Waals surface area contributed by atoms with Gasteiger partial charge in [-0.2, -0.15) is 0 Å². The van der Waals surface area contributed by atoms with Crippen LogP contribution in [0.1, 0.15) is 8.35 Å². The van der Waals surface area contributed by atoms with Gasteiger partial charge in [0.15, 0.2) is 0 Å². The molecule has 0 spiro atoms. The molecule has 0 saturated heterocycles. The number of nitrogens with one attached hydrogen (secondary N) is 1. The van der Waals surface area contributed by atoms with Crippen LogP contribution in [0.2, 0.25) is 0 Å². The first-order valence-corrected chi connectivity index (χ1v) is 3.08. The van der Waals surface area contributed by atoms with Gasteiger partial charge in [-0.25, -0.2) is 4.98 Å². The fraction of sp³-hybridized carbons (Fsp3) is 0.286. The third-order valence-corrected chi connectivity index (χ3v) is 1.02. The Kier molecular flexibility index (Phi) is 2.07. The Hall–Kier alpha value is -1.05. The van der Waals surface area contributed by atoms with E-state index in [2.05, 4.69) is 17.2 Å². The standard InChI is InChI=1S/C7H10N2.H2/c1-2-8-7-5-3-4-6-9-7;/h3-6H,2H2,1H3,(H,8,9);1H. The maximum atomic E-state index is 4.06. The van der Waals surface area contributed by atoms with Crippen molar-refractivity contribution in [1.82, 2.24) is 4.98 Å². The normalized spacial score (nSPS) is 9.00. The minimum atomic E-state index is 0. The van der Waals surface area contributed by atoms with Crippen LogP contribution in [-0.2, 0) is 0 Å². The van der Waals surface area contributed by atoms with E-state index in [1.165, 1.54) is 0 Å². The van der Waals surface area contributed by atoms with Gasteiger partial charge < -0.3 is 5.32 Å². The molecular weight excluding hydrogens is 112 g/mol. The molecule has 2 heteroatoms. The van der Waals surface area contributed by atoms with Gasteiger partial charge in [0.05, 0.1) is 0 Å². The van der Waals surface area contributed by atoms with Crippen LogP contribution in [0.5, 0.6) is 0 Å². The van der Waals surface area contributed by atoms with Crippen LogP contribution >= 0.6 is 0 Å². The van der Waals surface area contributed by atoms with Crippen LogP contribution in [0.25, 0.3) is 0 Å². The second-order valence-corrected chi connectivity index (χ2v) is 1.75. The molecule has 0 atom stereocenters. The number of anilines is 1. The van der Waals surface area contributed by atoms with E-state index < -0.39 is 0 Å². The molecule has 0 fully saturated rings. The fourth-order valence-corrected chi connectivity index (χ4v) is 0.648. The molecule has 1 aromatic rings. The Balaban J connectivity index is 0.000000810. The summed E-state index contributed by atoms with van der Waals surface area (Å²) in [6, 6.07) is 5.81. The second-order valence-electron chi connectivity index (χ2n) is 1.75. The van der Waals surface area contributed by atoms with Gasteiger partial charge in [-0.05, 0) is 19.1 Å². The first-order valence-electron chi connectivity index (χ1n) is 3.08. The first-order chi connectivity index (χ1) is 4.43. The van der Waals surface area contributed by atoms with Gasteiger partial charge in [-0.3, -0.25) is 0 Å². The Morgan fingerprint density at radius 2 is 2.56 bits per heavy atom. The number of rotatable bonds is 2. The summed E-state index contributed by atoms with van der Waals surface area (Å²) in [7, 11) is 0. The van der Waals surface area contributed by atoms with Crippen molar-refractivity contribution >= 4 is 5.82 Å². The summed E-state index contributed by atoms with van der Waals surface area (Å²) in [5, 5.41) is 3.10. The van der Waals surface area contributed by atoms with Crippen LogP contribution in [0, 0.1) is 0 Å². The average Bonchev–Trinajstić information content (AvgIpc) is 1.91. The molecule has 1 heterocycles. The lowest BCUT2D eigenvalue weighted by Crippen LogP contribution is -1.97. The Labute approximate surface area is 56.4 Å². The Bertz CT molecular complexity index is 165. The minimum absolute atomic E-state index is 0. The highest BCUT2D eigenvalue weighted by atomic mass is 15.0. The van der Waals surface area contributed by atoms with Gasteiger partial charge in [-0.15, -0.1) is 0 Å². The van der Waals surface area contributed by atoms with Crippen molar-refractivity contribution in [2.24, 2.45) is 0 Å². The third-order valence-electron chi connectivity index (χ3n) is 1.02. The van der Waals surface area contributed by atoms with E-state index in [-0.39, 0.29) is 1.43 Å². The molecule has 1 rings (SSSR count). The van der Waals surface area contributed by atoms with E-state index in [0.29, 0.717) is 0 Å². The molecule has 2 nitrogen and oxygen atoms in total. The zero-order valence-corrected chi connectivity index (χ0v) is 5.46. The summed E-state index contributed by atoms with van der Waals surface area (Å²) in [6.07, 6.45) is 1.78. The molecule has 9 heavy (non-hydrogen) atoms. The van der Waals surface area contributed by atoms with Crippen molar-refractivity contribution in [2.45, 2.75) is 6.92 Å². The number of pyridine rings is 1. The molecule has 1 N–H and O–H groups in total. The summed E-state index contributed by atoms with van der Waals surface area (Å²) in [5.41, 5.74) is 0. The molecule has 1 aromatic heterocycles. The number of hydrogen-bond acceptors (Lipinski definition) is 2. The van der Waals surface area contributed by atoms with Crippen molar-refractivity contribution in [1.29, 1.82) is 0 Å². The van der Waals surface area contributed by atoms with Crippen molar-refractivity contribution < 1.29 is 1.43 Å². The number of nitrogens with zero attached hydrogens (tertiary/aromatic N) is 1. The quantitative estimate of drug-likeness (QED) is 0.649. The largest absolute Gasteiger partial charge is 0.370 e. The molecule has 0 aliphatic heterocycles. The number of hydrogen-bond donors (Lipinski definition) is 1. The van der Waals surface area contributed by atoms with E-state index in [1.807, 2.05) is 18.2 Å². The lowest BCUT2D eigenvalue weighted by atomic mass is 10.5. The molecule has 0 amide bonds. The van der Waals surface area contributed by atoms with Gasteiger partial charge in [0, 0.05) is 14.2 Å². The van der Waals surface area contributed by atoms with E-state index >= 15 is 0 Å². The van der Waals surface area contributed by atoms with Crippen LogP contribution in [0.3, 0.4) is 0 Å². The molecule has 0 unspecified atom stereocenters. The predicted octanol–water partition coefficient (Wildman–Crippen LogP) is 1.76. The lowest BCUT2D eigenvalue weighted by Gasteiger charge is -1.97. The zero-order chi connectivity index (χ0) is 6.53. The topological polar surface area (TPSA) is 24.9 Å². The molecule has 0 aromatic carbocycles. The Morgan fingerprint density at radius 1 is 1.67 bits per heavy atom. The maximum absolute atomic E-state index is 4.06. The highest BCUT2D eigenvalue weighted by molar-refractivity contribution is 5.32. The van der Waals surface area contributed by atoms with E-state index in [9.17, 15) is 0 Å².